The van der Waals surface area contributed by atoms with E-state index in [9.17, 15) is 9.18 Å². The first-order valence-corrected chi connectivity index (χ1v) is 4.17. The Bertz CT molecular complexity index is 364. The molecule has 1 aliphatic carbocycles. The van der Waals surface area contributed by atoms with Crippen LogP contribution in [0.2, 0.25) is 0 Å². The lowest BCUT2D eigenvalue weighted by Gasteiger charge is -2.04. The summed E-state index contributed by atoms with van der Waals surface area (Å²) < 4.78 is 14.3. The summed E-state index contributed by atoms with van der Waals surface area (Å²) in [6.45, 7) is 0. The molecule has 76 valence electrons. The van der Waals surface area contributed by atoms with Gasteiger partial charge in [0.05, 0.1) is 0 Å². The van der Waals surface area contributed by atoms with Crippen molar-refractivity contribution in [2.45, 2.75) is 18.4 Å². The quantitative estimate of drug-likeness (QED) is 0.202. The number of carbonyl (C=O) groups is 1. The number of hydrazine groups is 1. The average molecular weight is 200 g/mol. The minimum Gasteiger partial charge on any atom is -0.390 e. The van der Waals surface area contributed by atoms with E-state index in [0.29, 0.717) is 12.8 Å². The highest BCUT2D eigenvalue weighted by Crippen LogP contribution is 2.38. The van der Waals surface area contributed by atoms with Crippen LogP contribution in [0.15, 0.2) is 6.20 Å². The molecule has 1 fully saturated rings. The summed E-state index contributed by atoms with van der Waals surface area (Å²) in [6.07, 6.45) is 2.61. The van der Waals surface area contributed by atoms with Gasteiger partial charge >= 0.3 is 5.91 Å². The molecule has 1 aromatic heterocycles. The van der Waals surface area contributed by atoms with Crippen molar-refractivity contribution in [2.24, 2.45) is 5.84 Å². The van der Waals surface area contributed by atoms with E-state index < -0.39 is 11.5 Å². The van der Waals surface area contributed by atoms with Gasteiger partial charge in [-0.25, -0.2) is 5.84 Å². The van der Waals surface area contributed by atoms with Crippen molar-refractivity contribution in [1.82, 2.24) is 10.5 Å². The van der Waals surface area contributed by atoms with E-state index in [4.69, 9.17) is 11.6 Å². The van der Waals surface area contributed by atoms with Crippen molar-refractivity contribution in [2.75, 3.05) is 5.73 Å². The molecule has 2 rings (SSSR count). The van der Waals surface area contributed by atoms with Gasteiger partial charge in [-0.15, -0.1) is 5.10 Å². The Hall–Kier alpha value is -1.63. The number of rotatable bonds is 2. The zero-order valence-corrected chi connectivity index (χ0v) is 7.38. The van der Waals surface area contributed by atoms with Crippen LogP contribution in [-0.2, 0) is 10.3 Å². The molecule has 0 radical (unpaired) electrons. The van der Waals surface area contributed by atoms with Crippen LogP contribution in [0.1, 0.15) is 12.8 Å². The Morgan fingerprint density at radius 3 is 2.71 bits per heavy atom. The molecular formula is C7H11FN5O+. The number of hydrogen-bond acceptors (Lipinski definition) is 3. The zero-order valence-electron chi connectivity index (χ0n) is 7.38. The van der Waals surface area contributed by atoms with E-state index in [1.807, 2.05) is 0 Å². The van der Waals surface area contributed by atoms with E-state index in [2.05, 4.69) is 10.5 Å². The Balaban J connectivity index is 2.35. The highest BCUT2D eigenvalue weighted by Gasteiger charge is 2.61. The zero-order chi connectivity index (χ0) is 10.3. The Morgan fingerprint density at radius 2 is 2.36 bits per heavy atom. The molecule has 1 heterocycles. The number of aromatic amines is 1. The van der Waals surface area contributed by atoms with Crippen LogP contribution in [0.25, 0.3) is 0 Å². The van der Waals surface area contributed by atoms with Gasteiger partial charge in [0.25, 0.3) is 11.5 Å². The van der Waals surface area contributed by atoms with E-state index in [0.717, 1.165) is 0 Å². The second-order valence-electron chi connectivity index (χ2n) is 3.39. The van der Waals surface area contributed by atoms with Gasteiger partial charge in [-0.3, -0.25) is 10.2 Å². The molecule has 0 aliphatic heterocycles. The lowest BCUT2D eigenvalue weighted by atomic mass is 10.2. The number of nitrogens with one attached hydrogen (secondary N) is 2. The molecule has 0 atom stereocenters. The minimum absolute atomic E-state index is 0.0129. The summed E-state index contributed by atoms with van der Waals surface area (Å²) in [4.78, 5) is 11.4. The maximum Gasteiger partial charge on any atom is 0.308 e. The summed E-state index contributed by atoms with van der Waals surface area (Å²) in [6, 6.07) is 0. The van der Waals surface area contributed by atoms with Gasteiger partial charge < -0.3 is 5.73 Å². The molecule has 14 heavy (non-hydrogen) atoms. The van der Waals surface area contributed by atoms with Crippen LogP contribution in [-0.4, -0.2) is 11.0 Å². The molecule has 0 spiro atoms. The first-order valence-electron chi connectivity index (χ1n) is 4.17. The standard InChI is InChI=1S/C7H10FN5O/c8-5-4(9)3-13(12-5)7(1-2-7)6(14)11-10/h3H,1-2,9-10H2,(H,11,14)/p+1. The Kier molecular flexibility index (Phi) is 1.71. The smallest absolute Gasteiger partial charge is 0.308 e. The maximum absolute atomic E-state index is 12.9. The monoisotopic (exact) mass is 200 g/mol. The molecule has 0 saturated heterocycles. The van der Waals surface area contributed by atoms with Crippen molar-refractivity contribution in [1.29, 1.82) is 0 Å². The fourth-order valence-electron chi connectivity index (χ4n) is 1.46. The van der Waals surface area contributed by atoms with Crippen molar-refractivity contribution in [3.05, 3.63) is 12.1 Å². The largest absolute Gasteiger partial charge is 0.390 e. The molecule has 1 aliphatic rings. The molecule has 0 unspecified atom stereocenters. The number of anilines is 1. The molecule has 0 aromatic carbocycles. The van der Waals surface area contributed by atoms with E-state index in [1.54, 1.807) is 0 Å². The number of nitrogens with zero attached hydrogens (tertiary/aromatic N) is 1. The summed E-state index contributed by atoms with van der Waals surface area (Å²) in [5.74, 6) is 4.05. The highest BCUT2D eigenvalue weighted by molar-refractivity contribution is 5.84. The summed E-state index contributed by atoms with van der Waals surface area (Å²) in [5, 5.41) is 2.37. The fraction of sp³-hybridized carbons (Fsp3) is 0.429. The van der Waals surface area contributed by atoms with Crippen LogP contribution in [0.5, 0.6) is 0 Å². The lowest BCUT2D eigenvalue weighted by Crippen LogP contribution is -2.57. The third kappa shape index (κ3) is 1.06. The number of nitrogens with two attached hydrogens (primary N) is 2. The van der Waals surface area contributed by atoms with Crippen molar-refractivity contribution >= 4 is 11.6 Å². The number of aromatic nitrogens is 2. The van der Waals surface area contributed by atoms with Crippen LogP contribution in [0.4, 0.5) is 10.1 Å². The number of amides is 1. The molecule has 6 N–H and O–H groups in total. The molecule has 1 aromatic rings. The van der Waals surface area contributed by atoms with Gasteiger partial charge in [0, 0.05) is 12.8 Å². The fourth-order valence-corrected chi connectivity index (χ4v) is 1.46. The van der Waals surface area contributed by atoms with Gasteiger partial charge in [-0.1, -0.05) is 4.68 Å². The van der Waals surface area contributed by atoms with E-state index in [1.165, 1.54) is 10.9 Å². The van der Waals surface area contributed by atoms with Crippen LogP contribution in [0, 0.1) is 5.95 Å². The third-order valence-corrected chi connectivity index (χ3v) is 2.48. The number of hydrogen-bond donors (Lipinski definition) is 4. The summed E-state index contributed by atoms with van der Waals surface area (Å²) >= 11 is 0. The molecular weight excluding hydrogens is 189 g/mol. The van der Waals surface area contributed by atoms with Crippen LogP contribution < -0.4 is 21.7 Å². The van der Waals surface area contributed by atoms with Gasteiger partial charge in [0.15, 0.2) is 5.69 Å². The number of halogens is 1. The summed E-state index contributed by atoms with van der Waals surface area (Å²) in [5.41, 5.74) is 6.59. The second-order valence-corrected chi connectivity index (χ2v) is 3.39. The Morgan fingerprint density at radius 1 is 1.71 bits per heavy atom. The number of H-pyrrole nitrogens is 1. The van der Waals surface area contributed by atoms with Crippen molar-refractivity contribution in [3.63, 3.8) is 0 Å². The lowest BCUT2D eigenvalue weighted by molar-refractivity contribution is -0.776. The first-order chi connectivity index (χ1) is 6.60. The topological polar surface area (TPSA) is 101 Å². The first kappa shape index (κ1) is 8.95. The third-order valence-electron chi connectivity index (χ3n) is 2.48. The SMILES string of the molecule is NNC(=O)C1([n+]2cc(N)c(F)[nH]2)CC1. The number of carbonyl (C=O) groups excluding carboxylic acids is 1. The van der Waals surface area contributed by atoms with Crippen molar-refractivity contribution in [3.8, 4) is 0 Å². The van der Waals surface area contributed by atoms with Crippen molar-refractivity contribution < 1.29 is 13.9 Å². The highest BCUT2D eigenvalue weighted by atomic mass is 19.1. The Labute approximate surface area is 79.0 Å². The molecule has 1 saturated carbocycles. The van der Waals surface area contributed by atoms with Gasteiger partial charge in [0.1, 0.15) is 0 Å². The van der Waals surface area contributed by atoms with E-state index >= 15 is 0 Å². The number of nitrogen functional groups attached to an aromatic ring is 1. The minimum atomic E-state index is -0.771. The second kappa shape index (κ2) is 2.68. The molecule has 1 amide bonds. The van der Waals surface area contributed by atoms with Crippen LogP contribution >= 0.6 is 0 Å². The van der Waals surface area contributed by atoms with E-state index in [-0.39, 0.29) is 11.6 Å². The molecule has 0 bridgehead atoms. The van der Waals surface area contributed by atoms with Crippen LogP contribution in [0.3, 0.4) is 0 Å². The predicted octanol–water partition coefficient (Wildman–Crippen LogP) is -1.50. The maximum atomic E-state index is 12.9. The molecule has 7 heteroatoms. The van der Waals surface area contributed by atoms with Gasteiger partial charge in [-0.05, 0) is 0 Å². The van der Waals surface area contributed by atoms with Gasteiger partial charge in [-0.2, -0.15) is 4.39 Å². The summed E-state index contributed by atoms with van der Waals surface area (Å²) in [7, 11) is 0. The van der Waals surface area contributed by atoms with Gasteiger partial charge in [0.2, 0.25) is 6.20 Å². The predicted molar refractivity (Wildman–Crippen MR) is 44.9 cm³/mol. The molecule has 6 nitrogen and oxygen atoms in total. The normalized spacial score (nSPS) is 17.9. The average Bonchev–Trinajstić information content (AvgIpc) is 2.90.